The Morgan fingerprint density at radius 2 is 2.24 bits per heavy atom. The van der Waals surface area contributed by atoms with Crippen LogP contribution >= 0.6 is 0 Å². The number of imidazole rings is 1. The third kappa shape index (κ3) is 2.59. The van der Waals surface area contributed by atoms with Crippen LogP contribution in [0.2, 0.25) is 0 Å². The van der Waals surface area contributed by atoms with Gasteiger partial charge in [0.15, 0.2) is 0 Å². The number of hydrogen-bond donors (Lipinski definition) is 1. The standard InChI is InChI=1S/C11H15N5O/c1-16-4-3-13-10(16)5-8(12)9-6-11(17-2)15-7-14-9/h3-4,6-8H,5,12H2,1-2H3. The molecule has 6 heteroatoms. The maximum absolute atomic E-state index is 6.08. The molecule has 0 bridgehead atoms. The van der Waals surface area contributed by atoms with E-state index in [2.05, 4.69) is 15.0 Å². The Morgan fingerprint density at radius 3 is 2.88 bits per heavy atom. The summed E-state index contributed by atoms with van der Waals surface area (Å²) in [5, 5.41) is 0. The van der Waals surface area contributed by atoms with E-state index in [1.165, 1.54) is 6.33 Å². The van der Waals surface area contributed by atoms with Gasteiger partial charge in [-0.15, -0.1) is 0 Å². The van der Waals surface area contributed by atoms with Gasteiger partial charge >= 0.3 is 0 Å². The molecule has 6 nitrogen and oxygen atoms in total. The molecule has 2 heterocycles. The highest BCUT2D eigenvalue weighted by Gasteiger charge is 2.12. The van der Waals surface area contributed by atoms with Crippen LogP contribution in [0.1, 0.15) is 17.6 Å². The molecular formula is C11H15N5O. The van der Waals surface area contributed by atoms with Crippen molar-refractivity contribution in [2.75, 3.05) is 7.11 Å². The molecular weight excluding hydrogens is 218 g/mol. The number of hydrogen-bond acceptors (Lipinski definition) is 5. The van der Waals surface area contributed by atoms with Crippen molar-refractivity contribution < 1.29 is 4.74 Å². The summed E-state index contributed by atoms with van der Waals surface area (Å²) in [6.07, 6.45) is 5.72. The van der Waals surface area contributed by atoms with E-state index in [0.717, 1.165) is 11.5 Å². The lowest BCUT2D eigenvalue weighted by Crippen LogP contribution is -2.17. The van der Waals surface area contributed by atoms with Crippen LogP contribution in [0.3, 0.4) is 0 Å². The molecule has 0 aliphatic heterocycles. The number of methoxy groups -OCH3 is 1. The number of nitrogens with zero attached hydrogens (tertiary/aromatic N) is 4. The average Bonchev–Trinajstić information content (AvgIpc) is 2.75. The summed E-state index contributed by atoms with van der Waals surface area (Å²) in [5.74, 6) is 1.44. The van der Waals surface area contributed by atoms with E-state index in [1.807, 2.05) is 17.8 Å². The number of aromatic nitrogens is 4. The summed E-state index contributed by atoms with van der Waals surface area (Å²) in [7, 11) is 3.51. The highest BCUT2D eigenvalue weighted by Crippen LogP contribution is 2.15. The number of ether oxygens (including phenoxy) is 1. The van der Waals surface area contributed by atoms with Crippen molar-refractivity contribution >= 4 is 0 Å². The van der Waals surface area contributed by atoms with Crippen molar-refractivity contribution in [2.45, 2.75) is 12.5 Å². The highest BCUT2D eigenvalue weighted by atomic mass is 16.5. The van der Waals surface area contributed by atoms with Crippen molar-refractivity contribution in [1.29, 1.82) is 0 Å². The minimum absolute atomic E-state index is 0.215. The normalized spacial score (nSPS) is 12.4. The molecule has 0 amide bonds. The predicted molar refractivity (Wildman–Crippen MR) is 62.4 cm³/mol. The molecule has 0 aliphatic rings. The third-order valence-corrected chi connectivity index (χ3v) is 2.58. The van der Waals surface area contributed by atoms with Crippen LogP contribution in [-0.4, -0.2) is 26.6 Å². The molecule has 2 aromatic heterocycles. The fourth-order valence-corrected chi connectivity index (χ4v) is 1.56. The molecule has 0 saturated carbocycles. The molecule has 2 aromatic rings. The van der Waals surface area contributed by atoms with Gasteiger partial charge in [0.1, 0.15) is 12.2 Å². The van der Waals surface area contributed by atoms with Gasteiger partial charge < -0.3 is 15.0 Å². The van der Waals surface area contributed by atoms with Crippen molar-refractivity contribution in [2.24, 2.45) is 12.8 Å². The van der Waals surface area contributed by atoms with Gasteiger partial charge in [-0.3, -0.25) is 0 Å². The summed E-state index contributed by atoms with van der Waals surface area (Å²) >= 11 is 0. The fourth-order valence-electron chi connectivity index (χ4n) is 1.56. The first-order valence-electron chi connectivity index (χ1n) is 5.28. The number of aryl methyl sites for hydroxylation is 1. The maximum atomic E-state index is 6.08. The van der Waals surface area contributed by atoms with Gasteiger partial charge in [0.25, 0.3) is 0 Å². The average molecular weight is 233 g/mol. The Kier molecular flexibility index (Phi) is 3.34. The molecule has 0 spiro atoms. The van der Waals surface area contributed by atoms with Crippen LogP contribution in [0.5, 0.6) is 5.88 Å². The summed E-state index contributed by atoms with van der Waals surface area (Å²) in [5.41, 5.74) is 6.83. The van der Waals surface area contributed by atoms with E-state index in [9.17, 15) is 0 Å². The molecule has 0 fully saturated rings. The molecule has 0 saturated heterocycles. The second-order valence-corrected chi connectivity index (χ2v) is 3.75. The minimum atomic E-state index is -0.215. The van der Waals surface area contributed by atoms with Crippen molar-refractivity contribution in [1.82, 2.24) is 19.5 Å². The Labute approximate surface area is 99.5 Å². The van der Waals surface area contributed by atoms with Crippen molar-refractivity contribution in [3.8, 4) is 5.88 Å². The van der Waals surface area contributed by atoms with E-state index >= 15 is 0 Å². The second-order valence-electron chi connectivity index (χ2n) is 3.75. The summed E-state index contributed by atoms with van der Waals surface area (Å²) < 4.78 is 6.98. The van der Waals surface area contributed by atoms with E-state index in [1.54, 1.807) is 19.4 Å². The lowest BCUT2D eigenvalue weighted by molar-refractivity contribution is 0.395. The van der Waals surface area contributed by atoms with Crippen molar-refractivity contribution in [3.05, 3.63) is 36.3 Å². The predicted octanol–water partition coefficient (Wildman–Crippen LogP) is 0.461. The lowest BCUT2D eigenvalue weighted by Gasteiger charge is -2.11. The van der Waals surface area contributed by atoms with Crippen LogP contribution in [0.25, 0.3) is 0 Å². The van der Waals surface area contributed by atoms with Crippen LogP contribution in [0, 0.1) is 0 Å². The molecule has 0 aliphatic carbocycles. The van der Waals surface area contributed by atoms with Gasteiger partial charge in [0, 0.05) is 31.9 Å². The monoisotopic (exact) mass is 233 g/mol. The second kappa shape index (κ2) is 4.92. The van der Waals surface area contributed by atoms with Gasteiger partial charge in [-0.1, -0.05) is 0 Å². The van der Waals surface area contributed by atoms with Gasteiger partial charge in [0.2, 0.25) is 5.88 Å². The first-order valence-corrected chi connectivity index (χ1v) is 5.28. The van der Waals surface area contributed by atoms with Gasteiger partial charge in [-0.2, -0.15) is 0 Å². The summed E-state index contributed by atoms with van der Waals surface area (Å²) in [6.45, 7) is 0. The Morgan fingerprint density at radius 1 is 1.41 bits per heavy atom. The molecule has 1 unspecified atom stereocenters. The van der Waals surface area contributed by atoms with E-state index in [0.29, 0.717) is 12.3 Å². The van der Waals surface area contributed by atoms with E-state index < -0.39 is 0 Å². The maximum Gasteiger partial charge on any atom is 0.216 e. The Hall–Kier alpha value is -1.95. The van der Waals surface area contributed by atoms with Gasteiger partial charge in [0.05, 0.1) is 18.8 Å². The number of rotatable bonds is 4. The lowest BCUT2D eigenvalue weighted by atomic mass is 10.1. The molecule has 0 radical (unpaired) electrons. The topological polar surface area (TPSA) is 78.9 Å². The zero-order valence-corrected chi connectivity index (χ0v) is 9.87. The smallest absolute Gasteiger partial charge is 0.216 e. The Balaban J connectivity index is 2.14. The van der Waals surface area contributed by atoms with E-state index in [4.69, 9.17) is 10.5 Å². The largest absolute Gasteiger partial charge is 0.481 e. The van der Waals surface area contributed by atoms with E-state index in [-0.39, 0.29) is 6.04 Å². The third-order valence-electron chi connectivity index (χ3n) is 2.58. The summed E-state index contributed by atoms with van der Waals surface area (Å²) in [4.78, 5) is 12.3. The fraction of sp³-hybridized carbons (Fsp3) is 0.364. The van der Waals surface area contributed by atoms with Crippen molar-refractivity contribution in [3.63, 3.8) is 0 Å². The molecule has 2 N–H and O–H groups in total. The Bertz CT molecular complexity index is 496. The SMILES string of the molecule is COc1cc(C(N)Cc2nccn2C)ncn1. The van der Waals surface area contributed by atoms with Gasteiger partial charge in [-0.25, -0.2) is 15.0 Å². The molecule has 0 aromatic carbocycles. The first-order chi connectivity index (χ1) is 8.20. The summed E-state index contributed by atoms with van der Waals surface area (Å²) in [6, 6.07) is 1.53. The zero-order chi connectivity index (χ0) is 12.3. The molecule has 90 valence electrons. The quantitative estimate of drug-likeness (QED) is 0.830. The first kappa shape index (κ1) is 11.5. The van der Waals surface area contributed by atoms with Crippen LogP contribution in [-0.2, 0) is 13.5 Å². The van der Waals surface area contributed by atoms with Crippen LogP contribution < -0.4 is 10.5 Å². The van der Waals surface area contributed by atoms with Gasteiger partial charge in [-0.05, 0) is 0 Å². The molecule has 17 heavy (non-hydrogen) atoms. The minimum Gasteiger partial charge on any atom is -0.481 e. The number of nitrogens with two attached hydrogens (primary N) is 1. The molecule has 2 rings (SSSR count). The molecule has 1 atom stereocenters. The van der Waals surface area contributed by atoms with Crippen LogP contribution in [0.15, 0.2) is 24.8 Å². The highest BCUT2D eigenvalue weighted by molar-refractivity contribution is 5.17. The van der Waals surface area contributed by atoms with Crippen LogP contribution in [0.4, 0.5) is 0 Å². The zero-order valence-electron chi connectivity index (χ0n) is 9.87.